The van der Waals surface area contributed by atoms with Gasteiger partial charge in [-0.1, -0.05) is 13.8 Å². The van der Waals surface area contributed by atoms with Crippen LogP contribution >= 0.6 is 0 Å². The molecule has 0 aromatic heterocycles. The van der Waals surface area contributed by atoms with E-state index in [9.17, 15) is 9.59 Å². The van der Waals surface area contributed by atoms with E-state index in [1.54, 1.807) is 0 Å². The summed E-state index contributed by atoms with van der Waals surface area (Å²) in [6, 6.07) is 0. The molecule has 0 aliphatic carbocycles. The van der Waals surface area contributed by atoms with Crippen LogP contribution < -0.4 is 5.32 Å². The lowest BCUT2D eigenvalue weighted by atomic mass is 9.73. The summed E-state index contributed by atoms with van der Waals surface area (Å²) in [6.45, 7) is 7.15. The number of amides is 1. The van der Waals surface area contributed by atoms with Crippen molar-refractivity contribution in [2.24, 2.45) is 11.3 Å². The fourth-order valence-corrected chi connectivity index (χ4v) is 2.29. The summed E-state index contributed by atoms with van der Waals surface area (Å²) >= 11 is 0. The molecule has 0 bridgehead atoms. The minimum absolute atomic E-state index is 0.0694. The van der Waals surface area contributed by atoms with E-state index in [0.29, 0.717) is 18.7 Å². The zero-order valence-corrected chi connectivity index (χ0v) is 10.5. The molecule has 1 heterocycles. The molecule has 1 rings (SSSR count). The van der Waals surface area contributed by atoms with Gasteiger partial charge in [0.2, 0.25) is 6.29 Å². The van der Waals surface area contributed by atoms with E-state index in [4.69, 9.17) is 0 Å². The minimum Gasteiger partial charge on any atom is -0.349 e. The number of likely N-dealkylation sites (tertiary alicyclic amines) is 1. The van der Waals surface area contributed by atoms with Gasteiger partial charge in [0, 0.05) is 6.54 Å². The maximum atomic E-state index is 10.9. The van der Waals surface area contributed by atoms with Crippen molar-refractivity contribution in [3.63, 3.8) is 0 Å². The molecule has 1 fully saturated rings. The molecule has 1 aliphatic heterocycles. The lowest BCUT2D eigenvalue weighted by molar-refractivity contribution is -0.131. The first-order chi connectivity index (χ1) is 7.45. The normalized spacial score (nSPS) is 19.4. The van der Waals surface area contributed by atoms with E-state index in [0.717, 1.165) is 13.1 Å². The number of aldehydes is 1. The number of nitrogens with one attached hydrogen (secondary N) is 1. The van der Waals surface area contributed by atoms with Crippen molar-refractivity contribution in [2.45, 2.75) is 26.7 Å². The van der Waals surface area contributed by atoms with E-state index in [1.165, 1.54) is 12.8 Å². The average molecular weight is 226 g/mol. The zero-order valence-electron chi connectivity index (χ0n) is 10.5. The Kier molecular flexibility index (Phi) is 4.47. The van der Waals surface area contributed by atoms with Crippen LogP contribution in [0.1, 0.15) is 26.7 Å². The van der Waals surface area contributed by atoms with Crippen molar-refractivity contribution in [3.8, 4) is 0 Å². The molecule has 0 aromatic carbocycles. The average Bonchev–Trinajstić information content (AvgIpc) is 2.26. The summed E-state index contributed by atoms with van der Waals surface area (Å²) in [5.74, 6) is 0.108. The number of rotatable bonds is 4. The van der Waals surface area contributed by atoms with Crippen molar-refractivity contribution < 1.29 is 9.59 Å². The van der Waals surface area contributed by atoms with Gasteiger partial charge in [-0.3, -0.25) is 9.59 Å². The fraction of sp³-hybridized carbons (Fsp3) is 0.833. The van der Waals surface area contributed by atoms with Crippen LogP contribution in [0.25, 0.3) is 0 Å². The van der Waals surface area contributed by atoms with E-state index >= 15 is 0 Å². The van der Waals surface area contributed by atoms with Crippen LogP contribution in [0.2, 0.25) is 0 Å². The summed E-state index contributed by atoms with van der Waals surface area (Å²) in [5.41, 5.74) is 0.0694. The van der Waals surface area contributed by atoms with E-state index < -0.39 is 5.91 Å². The second kappa shape index (κ2) is 5.43. The van der Waals surface area contributed by atoms with Gasteiger partial charge in [0.05, 0.1) is 0 Å². The van der Waals surface area contributed by atoms with Crippen LogP contribution in [0.4, 0.5) is 0 Å². The SMILES string of the molecule is CN1CCC(C(C)(C)CNC(=O)C=O)CC1. The molecule has 1 saturated heterocycles. The van der Waals surface area contributed by atoms with Crippen LogP contribution in [0, 0.1) is 11.3 Å². The van der Waals surface area contributed by atoms with Gasteiger partial charge in [-0.15, -0.1) is 0 Å². The Morgan fingerprint density at radius 2 is 2.00 bits per heavy atom. The highest BCUT2D eigenvalue weighted by Crippen LogP contribution is 2.33. The Morgan fingerprint density at radius 1 is 1.44 bits per heavy atom. The Hall–Kier alpha value is -0.900. The molecule has 1 amide bonds. The molecule has 4 heteroatoms. The summed E-state index contributed by atoms with van der Waals surface area (Å²) in [6.07, 6.45) is 2.67. The van der Waals surface area contributed by atoms with Crippen molar-refractivity contribution in [3.05, 3.63) is 0 Å². The van der Waals surface area contributed by atoms with Gasteiger partial charge in [-0.2, -0.15) is 0 Å². The standard InChI is InChI=1S/C12H22N2O2/c1-12(2,9-13-11(16)8-15)10-4-6-14(3)7-5-10/h8,10H,4-7,9H2,1-3H3,(H,13,16). The first-order valence-electron chi connectivity index (χ1n) is 5.87. The van der Waals surface area contributed by atoms with Crippen molar-refractivity contribution in [2.75, 3.05) is 26.7 Å². The number of piperidine rings is 1. The number of hydrogen-bond donors (Lipinski definition) is 1. The summed E-state index contributed by atoms with van der Waals surface area (Å²) in [5, 5.41) is 2.66. The van der Waals surface area contributed by atoms with Crippen LogP contribution in [0.5, 0.6) is 0 Å². The first kappa shape index (κ1) is 13.2. The predicted octanol–water partition coefficient (Wildman–Crippen LogP) is 0.669. The predicted molar refractivity (Wildman–Crippen MR) is 63.1 cm³/mol. The van der Waals surface area contributed by atoms with Gasteiger partial charge in [0.1, 0.15) is 0 Å². The van der Waals surface area contributed by atoms with Crippen LogP contribution in [-0.2, 0) is 9.59 Å². The van der Waals surface area contributed by atoms with Gasteiger partial charge < -0.3 is 10.2 Å². The summed E-state index contributed by atoms with van der Waals surface area (Å²) in [4.78, 5) is 23.5. The van der Waals surface area contributed by atoms with Crippen molar-refractivity contribution >= 4 is 12.2 Å². The molecule has 92 valence electrons. The molecule has 0 atom stereocenters. The second-order valence-electron chi connectivity index (χ2n) is 5.40. The highest BCUT2D eigenvalue weighted by molar-refractivity contribution is 6.23. The van der Waals surface area contributed by atoms with Gasteiger partial charge in [-0.25, -0.2) is 0 Å². The maximum absolute atomic E-state index is 10.9. The molecule has 0 spiro atoms. The Labute approximate surface area is 97.4 Å². The molecular weight excluding hydrogens is 204 g/mol. The quantitative estimate of drug-likeness (QED) is 0.566. The van der Waals surface area contributed by atoms with E-state index in [2.05, 4.69) is 31.1 Å². The number of hydrogen-bond acceptors (Lipinski definition) is 3. The molecule has 0 radical (unpaired) electrons. The number of nitrogens with zero attached hydrogens (tertiary/aromatic N) is 1. The summed E-state index contributed by atoms with van der Waals surface area (Å²) in [7, 11) is 2.14. The van der Waals surface area contributed by atoms with Gasteiger partial charge in [0.25, 0.3) is 5.91 Å². The molecule has 0 aromatic rings. The highest BCUT2D eigenvalue weighted by Gasteiger charge is 2.31. The second-order valence-corrected chi connectivity index (χ2v) is 5.40. The Balaban J connectivity index is 2.43. The van der Waals surface area contributed by atoms with Crippen LogP contribution in [-0.4, -0.2) is 43.8 Å². The smallest absolute Gasteiger partial charge is 0.284 e. The monoisotopic (exact) mass is 226 g/mol. The molecule has 0 saturated carbocycles. The lowest BCUT2D eigenvalue weighted by Crippen LogP contribution is -2.43. The van der Waals surface area contributed by atoms with E-state index in [1.807, 2.05) is 0 Å². The number of carbonyl (C=O) groups excluding carboxylic acids is 2. The van der Waals surface area contributed by atoms with Gasteiger partial charge in [0.15, 0.2) is 0 Å². The summed E-state index contributed by atoms with van der Waals surface area (Å²) < 4.78 is 0. The van der Waals surface area contributed by atoms with E-state index in [-0.39, 0.29) is 5.41 Å². The maximum Gasteiger partial charge on any atom is 0.284 e. The minimum atomic E-state index is -0.513. The van der Waals surface area contributed by atoms with Crippen LogP contribution in [0.3, 0.4) is 0 Å². The molecule has 16 heavy (non-hydrogen) atoms. The highest BCUT2D eigenvalue weighted by atomic mass is 16.2. The molecule has 1 N–H and O–H groups in total. The lowest BCUT2D eigenvalue weighted by Gasteiger charge is -2.39. The number of carbonyl (C=O) groups is 2. The third-order valence-corrected chi connectivity index (χ3v) is 3.65. The first-order valence-corrected chi connectivity index (χ1v) is 5.87. The molecule has 4 nitrogen and oxygen atoms in total. The van der Waals surface area contributed by atoms with Crippen LogP contribution in [0.15, 0.2) is 0 Å². The third kappa shape index (κ3) is 3.59. The largest absolute Gasteiger partial charge is 0.349 e. The Bertz CT molecular complexity index is 256. The molecular formula is C12H22N2O2. The molecule has 0 unspecified atom stereocenters. The fourth-order valence-electron chi connectivity index (χ4n) is 2.29. The van der Waals surface area contributed by atoms with Crippen molar-refractivity contribution in [1.82, 2.24) is 10.2 Å². The third-order valence-electron chi connectivity index (χ3n) is 3.65. The van der Waals surface area contributed by atoms with Crippen molar-refractivity contribution in [1.29, 1.82) is 0 Å². The topological polar surface area (TPSA) is 49.4 Å². The van der Waals surface area contributed by atoms with Gasteiger partial charge >= 0.3 is 0 Å². The van der Waals surface area contributed by atoms with Gasteiger partial charge in [-0.05, 0) is 44.3 Å². The zero-order chi connectivity index (χ0) is 12.2. The molecule has 1 aliphatic rings. The Morgan fingerprint density at radius 3 is 2.50 bits per heavy atom.